The van der Waals surface area contributed by atoms with Crippen molar-refractivity contribution >= 4 is 10.0 Å². The molecule has 1 aromatic heterocycles. The highest BCUT2D eigenvalue weighted by atomic mass is 32.2. The van der Waals surface area contributed by atoms with E-state index >= 15 is 0 Å². The summed E-state index contributed by atoms with van der Waals surface area (Å²) >= 11 is 0. The summed E-state index contributed by atoms with van der Waals surface area (Å²) in [5.41, 5.74) is 1.56. The first-order valence-electron chi connectivity index (χ1n) is 7.02. The number of aryl methyl sites for hydroxylation is 1. The summed E-state index contributed by atoms with van der Waals surface area (Å²) in [7, 11) is -1.10. The lowest BCUT2D eigenvalue weighted by atomic mass is 9.65. The summed E-state index contributed by atoms with van der Waals surface area (Å²) in [6, 6.07) is 2.20. The van der Waals surface area contributed by atoms with Crippen molar-refractivity contribution in [2.75, 3.05) is 19.3 Å². The molecule has 1 N–H and O–H groups in total. The molecule has 1 saturated heterocycles. The topological polar surface area (TPSA) is 67.2 Å². The van der Waals surface area contributed by atoms with Gasteiger partial charge in [-0.05, 0) is 37.3 Å². The van der Waals surface area contributed by atoms with Crippen LogP contribution in [0.25, 0.3) is 0 Å². The van der Waals surface area contributed by atoms with E-state index in [1.165, 1.54) is 18.4 Å². The molecule has 0 unspecified atom stereocenters. The molecule has 2 heterocycles. The predicted octanol–water partition coefficient (Wildman–Crippen LogP) is 0.324. The van der Waals surface area contributed by atoms with E-state index in [1.54, 1.807) is 0 Å². The van der Waals surface area contributed by atoms with Gasteiger partial charge in [0.2, 0.25) is 10.0 Å². The number of rotatable bonds is 4. The molecule has 1 aromatic rings. The van der Waals surface area contributed by atoms with Crippen molar-refractivity contribution in [3.63, 3.8) is 0 Å². The zero-order valence-corrected chi connectivity index (χ0v) is 12.9. The van der Waals surface area contributed by atoms with Gasteiger partial charge in [-0.25, -0.2) is 13.1 Å². The lowest BCUT2D eigenvalue weighted by molar-refractivity contribution is 0.101. The molecule has 1 saturated carbocycles. The highest BCUT2D eigenvalue weighted by Crippen LogP contribution is 2.48. The summed E-state index contributed by atoms with van der Waals surface area (Å²) in [4.78, 5) is 2.45. The van der Waals surface area contributed by atoms with Crippen LogP contribution in [0.2, 0.25) is 0 Å². The second-order valence-electron chi connectivity index (χ2n) is 6.40. The van der Waals surface area contributed by atoms with Crippen LogP contribution in [0.1, 0.15) is 25.0 Å². The standard InChI is InChI=1S/C13H22N4O2S/c1-16-12(3-5-14-16)9-17-6-4-13(10-17)7-11(8-13)15-20(2,18)19/h3,5,11,15H,4,6-10H2,1-2H3. The summed E-state index contributed by atoms with van der Waals surface area (Å²) < 4.78 is 27.1. The van der Waals surface area contributed by atoms with Gasteiger partial charge in [0.1, 0.15) is 0 Å². The molecule has 7 heteroatoms. The highest BCUT2D eigenvalue weighted by Gasteiger charge is 2.48. The fourth-order valence-corrected chi connectivity index (χ4v) is 4.43. The fourth-order valence-electron chi connectivity index (χ4n) is 3.65. The zero-order chi connectivity index (χ0) is 14.4. The second kappa shape index (κ2) is 4.82. The van der Waals surface area contributed by atoms with Crippen LogP contribution in [0.5, 0.6) is 0 Å². The molecule has 0 aromatic carbocycles. The quantitative estimate of drug-likeness (QED) is 0.869. The number of nitrogens with one attached hydrogen (secondary N) is 1. The van der Waals surface area contributed by atoms with Gasteiger partial charge in [-0.1, -0.05) is 0 Å². The van der Waals surface area contributed by atoms with E-state index in [2.05, 4.69) is 20.8 Å². The average Bonchev–Trinajstić information content (AvgIpc) is 2.85. The van der Waals surface area contributed by atoms with Gasteiger partial charge in [-0.15, -0.1) is 0 Å². The summed E-state index contributed by atoms with van der Waals surface area (Å²) in [6.07, 6.45) is 6.19. The van der Waals surface area contributed by atoms with Gasteiger partial charge in [0.05, 0.1) is 11.9 Å². The van der Waals surface area contributed by atoms with Crippen molar-refractivity contribution in [1.82, 2.24) is 19.4 Å². The summed E-state index contributed by atoms with van der Waals surface area (Å²) in [5.74, 6) is 0. The van der Waals surface area contributed by atoms with Crippen LogP contribution in [-0.4, -0.2) is 48.5 Å². The highest BCUT2D eigenvalue weighted by molar-refractivity contribution is 7.88. The Labute approximate surface area is 120 Å². The van der Waals surface area contributed by atoms with Crippen LogP contribution in [0.15, 0.2) is 12.3 Å². The minimum absolute atomic E-state index is 0.140. The largest absolute Gasteiger partial charge is 0.297 e. The van der Waals surface area contributed by atoms with Gasteiger partial charge < -0.3 is 0 Å². The fraction of sp³-hybridized carbons (Fsp3) is 0.769. The van der Waals surface area contributed by atoms with Gasteiger partial charge >= 0.3 is 0 Å². The lowest BCUT2D eigenvalue weighted by Gasteiger charge is -2.45. The molecule has 1 spiro atoms. The van der Waals surface area contributed by atoms with Gasteiger partial charge in [0, 0.05) is 32.4 Å². The van der Waals surface area contributed by atoms with Crippen molar-refractivity contribution < 1.29 is 8.42 Å². The lowest BCUT2D eigenvalue weighted by Crippen LogP contribution is -2.51. The molecule has 1 aliphatic heterocycles. The molecular formula is C13H22N4O2S. The van der Waals surface area contributed by atoms with Gasteiger partial charge in [-0.3, -0.25) is 9.58 Å². The maximum absolute atomic E-state index is 11.2. The minimum atomic E-state index is -3.07. The Kier molecular flexibility index (Phi) is 3.38. The van der Waals surface area contributed by atoms with Crippen molar-refractivity contribution in [2.45, 2.75) is 31.8 Å². The van der Waals surface area contributed by atoms with Gasteiger partial charge in [-0.2, -0.15) is 5.10 Å². The Balaban J connectivity index is 1.53. The van der Waals surface area contributed by atoms with E-state index in [0.29, 0.717) is 5.41 Å². The Bertz CT molecular complexity index is 589. The van der Waals surface area contributed by atoms with Crippen LogP contribution >= 0.6 is 0 Å². The molecule has 112 valence electrons. The maximum atomic E-state index is 11.2. The third-order valence-corrected chi connectivity index (χ3v) is 5.33. The van der Waals surface area contributed by atoms with Crippen LogP contribution in [0.4, 0.5) is 0 Å². The monoisotopic (exact) mass is 298 g/mol. The summed E-state index contributed by atoms with van der Waals surface area (Å²) in [5, 5.41) is 4.19. The molecule has 0 atom stereocenters. The third kappa shape index (κ3) is 2.89. The van der Waals surface area contributed by atoms with Gasteiger partial charge in [0.25, 0.3) is 0 Å². The van der Waals surface area contributed by atoms with E-state index in [9.17, 15) is 8.42 Å². The average molecular weight is 298 g/mol. The zero-order valence-electron chi connectivity index (χ0n) is 12.0. The maximum Gasteiger partial charge on any atom is 0.208 e. The van der Waals surface area contributed by atoms with Crippen LogP contribution < -0.4 is 4.72 Å². The third-order valence-electron chi connectivity index (χ3n) is 4.57. The van der Waals surface area contributed by atoms with Crippen molar-refractivity contribution in [2.24, 2.45) is 12.5 Å². The number of sulfonamides is 1. The molecule has 20 heavy (non-hydrogen) atoms. The van der Waals surface area contributed by atoms with E-state index in [4.69, 9.17) is 0 Å². The number of nitrogens with zero attached hydrogens (tertiary/aromatic N) is 3. The Morgan fingerprint density at radius 1 is 1.50 bits per heavy atom. The summed E-state index contributed by atoms with van der Waals surface area (Å²) in [6.45, 7) is 3.10. The van der Waals surface area contributed by atoms with Crippen LogP contribution in [-0.2, 0) is 23.6 Å². The van der Waals surface area contributed by atoms with Crippen molar-refractivity contribution in [3.05, 3.63) is 18.0 Å². The van der Waals surface area contributed by atoms with Crippen LogP contribution in [0.3, 0.4) is 0 Å². The number of likely N-dealkylation sites (tertiary alicyclic amines) is 1. The molecule has 0 amide bonds. The molecule has 6 nitrogen and oxygen atoms in total. The first-order chi connectivity index (χ1) is 9.35. The molecule has 0 bridgehead atoms. The molecule has 2 aliphatic rings. The first-order valence-corrected chi connectivity index (χ1v) is 8.91. The molecule has 0 radical (unpaired) electrons. The smallest absolute Gasteiger partial charge is 0.208 e. The SMILES string of the molecule is Cn1nccc1CN1CCC2(CC(NS(C)(=O)=O)C2)C1. The normalized spacial score (nSPS) is 30.8. The molecule has 1 aliphatic carbocycles. The van der Waals surface area contributed by atoms with Crippen molar-refractivity contribution in [1.29, 1.82) is 0 Å². The van der Waals surface area contributed by atoms with Crippen LogP contribution in [0, 0.1) is 5.41 Å². The Morgan fingerprint density at radius 2 is 2.25 bits per heavy atom. The van der Waals surface area contributed by atoms with E-state index < -0.39 is 10.0 Å². The molecular weight excluding hydrogens is 276 g/mol. The second-order valence-corrected chi connectivity index (χ2v) is 8.18. The Hall–Kier alpha value is -0.920. The number of hydrogen-bond acceptors (Lipinski definition) is 4. The minimum Gasteiger partial charge on any atom is -0.297 e. The number of hydrogen-bond donors (Lipinski definition) is 1. The van der Waals surface area contributed by atoms with Gasteiger partial charge in [0.15, 0.2) is 0 Å². The molecule has 2 fully saturated rings. The Morgan fingerprint density at radius 3 is 2.85 bits per heavy atom. The van der Waals surface area contributed by atoms with E-state index in [1.807, 2.05) is 17.9 Å². The van der Waals surface area contributed by atoms with E-state index in [0.717, 1.165) is 32.5 Å². The van der Waals surface area contributed by atoms with Crippen molar-refractivity contribution in [3.8, 4) is 0 Å². The number of aromatic nitrogens is 2. The van der Waals surface area contributed by atoms with E-state index in [-0.39, 0.29) is 6.04 Å². The first kappa shape index (κ1) is 14.0. The molecule has 3 rings (SSSR count). The predicted molar refractivity (Wildman–Crippen MR) is 76.5 cm³/mol.